The highest BCUT2D eigenvalue weighted by Crippen LogP contribution is 2.41. The van der Waals surface area contributed by atoms with Crippen LogP contribution >= 0.6 is 0 Å². The minimum Gasteiger partial charge on any atom is -0.479 e. The molecule has 0 bridgehead atoms. The first-order valence-electron chi connectivity index (χ1n) is 7.92. The van der Waals surface area contributed by atoms with E-state index < -0.39 is 23.2 Å². The van der Waals surface area contributed by atoms with E-state index in [1.807, 2.05) is 13.1 Å². The van der Waals surface area contributed by atoms with Gasteiger partial charge in [-0.15, -0.1) is 0 Å². The highest BCUT2D eigenvalue weighted by atomic mass is 16.6. The Morgan fingerprint density at radius 2 is 2.09 bits per heavy atom. The predicted octanol–water partition coefficient (Wildman–Crippen LogP) is 2.20. The van der Waals surface area contributed by atoms with E-state index in [-0.39, 0.29) is 12.5 Å². The molecule has 0 radical (unpaired) electrons. The lowest BCUT2D eigenvalue weighted by Crippen LogP contribution is -2.59. The fourth-order valence-electron chi connectivity index (χ4n) is 2.56. The van der Waals surface area contributed by atoms with Crippen molar-refractivity contribution in [3.63, 3.8) is 0 Å². The van der Waals surface area contributed by atoms with Crippen LogP contribution in [0.25, 0.3) is 0 Å². The molecule has 0 aliphatic heterocycles. The van der Waals surface area contributed by atoms with Crippen molar-refractivity contribution >= 4 is 12.1 Å². The summed E-state index contributed by atoms with van der Waals surface area (Å²) in [6.45, 7) is 7.32. The van der Waals surface area contributed by atoms with Crippen LogP contribution in [0.15, 0.2) is 12.4 Å². The number of carbonyl (C=O) groups is 2. The summed E-state index contributed by atoms with van der Waals surface area (Å²) < 4.78 is 6.83. The molecule has 1 aromatic heterocycles. The summed E-state index contributed by atoms with van der Waals surface area (Å²) >= 11 is 0. The molecule has 23 heavy (non-hydrogen) atoms. The third-order valence-corrected chi connectivity index (χ3v) is 3.89. The average molecular weight is 323 g/mol. The summed E-state index contributed by atoms with van der Waals surface area (Å²) in [6.07, 6.45) is 5.18. The van der Waals surface area contributed by atoms with Crippen LogP contribution in [0, 0.1) is 5.92 Å². The Bertz CT molecular complexity index is 586. The third kappa shape index (κ3) is 4.24. The van der Waals surface area contributed by atoms with Crippen LogP contribution in [-0.2, 0) is 22.5 Å². The minimum atomic E-state index is -1.39. The molecule has 1 fully saturated rings. The lowest BCUT2D eigenvalue weighted by atomic mass is 9.93. The number of hydrogen-bond acceptors (Lipinski definition) is 4. The van der Waals surface area contributed by atoms with Gasteiger partial charge in [0.05, 0.1) is 12.7 Å². The summed E-state index contributed by atoms with van der Waals surface area (Å²) in [5.74, 6) is -1.17. The van der Waals surface area contributed by atoms with Crippen molar-refractivity contribution in [3.8, 4) is 0 Å². The second-order valence-electron chi connectivity index (χ2n) is 7.08. The number of aryl methyl sites for hydroxylation is 1. The van der Waals surface area contributed by atoms with E-state index >= 15 is 0 Å². The lowest BCUT2D eigenvalue weighted by Gasteiger charge is -2.31. The number of nitrogens with zero attached hydrogens (tertiary/aromatic N) is 2. The van der Waals surface area contributed by atoms with Crippen molar-refractivity contribution in [1.82, 2.24) is 15.1 Å². The number of aliphatic carboxylic acids is 1. The maximum atomic E-state index is 12.1. The fourth-order valence-corrected chi connectivity index (χ4v) is 2.56. The molecule has 1 heterocycles. The topological polar surface area (TPSA) is 93.5 Å². The quantitative estimate of drug-likeness (QED) is 0.837. The predicted molar refractivity (Wildman–Crippen MR) is 84.1 cm³/mol. The highest BCUT2D eigenvalue weighted by Gasteiger charge is 2.53. The maximum Gasteiger partial charge on any atom is 0.408 e. The summed E-state index contributed by atoms with van der Waals surface area (Å²) in [6, 6.07) is 0. The molecule has 1 amide bonds. The molecule has 0 spiro atoms. The van der Waals surface area contributed by atoms with E-state index in [0.29, 0.717) is 0 Å². The van der Waals surface area contributed by atoms with Crippen LogP contribution in [0.2, 0.25) is 0 Å². The maximum absolute atomic E-state index is 12.1. The number of hydrogen-bond donors (Lipinski definition) is 2. The molecule has 0 aromatic carbocycles. The molecule has 2 N–H and O–H groups in total. The van der Waals surface area contributed by atoms with Gasteiger partial charge in [0, 0.05) is 6.20 Å². The van der Waals surface area contributed by atoms with Gasteiger partial charge in [0.15, 0.2) is 5.54 Å². The van der Waals surface area contributed by atoms with Crippen LogP contribution in [0.5, 0.6) is 0 Å². The zero-order valence-electron chi connectivity index (χ0n) is 14.1. The van der Waals surface area contributed by atoms with E-state index in [1.54, 1.807) is 31.6 Å². The van der Waals surface area contributed by atoms with E-state index in [2.05, 4.69) is 10.4 Å². The first kappa shape index (κ1) is 17.3. The molecular weight excluding hydrogens is 298 g/mol. The Labute approximate surface area is 136 Å². The molecule has 1 saturated carbocycles. The smallest absolute Gasteiger partial charge is 0.408 e. The Hall–Kier alpha value is -2.05. The van der Waals surface area contributed by atoms with Gasteiger partial charge in [0.1, 0.15) is 5.60 Å². The van der Waals surface area contributed by atoms with Crippen molar-refractivity contribution in [1.29, 1.82) is 0 Å². The minimum absolute atomic E-state index is 0.0895. The van der Waals surface area contributed by atoms with E-state index in [1.165, 1.54) is 0 Å². The number of ether oxygens (including phenoxy) is 1. The number of amides is 1. The standard InChI is InChI=1S/C16H25N3O4/c1-5-11-8-17-19(9-11)10-16(13(20)21,12-6-7-12)18-14(22)23-15(2,3)4/h8-9,12H,5-7,10H2,1-4H3,(H,18,22)(H,20,21). The number of aromatic nitrogens is 2. The molecule has 1 aliphatic rings. The molecule has 1 unspecified atom stereocenters. The Morgan fingerprint density at radius 3 is 2.52 bits per heavy atom. The van der Waals surface area contributed by atoms with Crippen molar-refractivity contribution in [3.05, 3.63) is 18.0 Å². The normalized spacial score (nSPS) is 17.4. The first-order valence-corrected chi connectivity index (χ1v) is 7.92. The van der Waals surface area contributed by atoms with Crippen LogP contribution < -0.4 is 5.32 Å². The van der Waals surface area contributed by atoms with Gasteiger partial charge < -0.3 is 15.2 Å². The molecule has 7 heteroatoms. The van der Waals surface area contributed by atoms with Crippen LogP contribution in [0.4, 0.5) is 4.79 Å². The van der Waals surface area contributed by atoms with Crippen molar-refractivity contribution in [2.24, 2.45) is 5.92 Å². The number of rotatable bonds is 6. The van der Waals surface area contributed by atoms with Gasteiger partial charge in [0.25, 0.3) is 0 Å². The number of nitrogens with one attached hydrogen (secondary N) is 1. The molecule has 1 aromatic rings. The molecule has 1 atom stereocenters. The van der Waals surface area contributed by atoms with E-state index in [0.717, 1.165) is 24.8 Å². The van der Waals surface area contributed by atoms with Gasteiger partial charge >= 0.3 is 12.1 Å². The van der Waals surface area contributed by atoms with Gasteiger partial charge in [-0.3, -0.25) is 4.68 Å². The largest absolute Gasteiger partial charge is 0.479 e. The first-order chi connectivity index (χ1) is 10.7. The summed E-state index contributed by atoms with van der Waals surface area (Å²) in [4.78, 5) is 24.1. The average Bonchev–Trinajstić information content (AvgIpc) is 3.17. The Balaban J connectivity index is 2.21. The monoisotopic (exact) mass is 323 g/mol. The summed E-state index contributed by atoms with van der Waals surface area (Å²) in [5.41, 5.74) is -1.05. The van der Waals surface area contributed by atoms with Crippen LogP contribution in [0.1, 0.15) is 46.1 Å². The number of alkyl carbamates (subject to hydrolysis) is 1. The van der Waals surface area contributed by atoms with Gasteiger partial charge in [-0.05, 0) is 51.5 Å². The third-order valence-electron chi connectivity index (χ3n) is 3.89. The van der Waals surface area contributed by atoms with E-state index in [9.17, 15) is 14.7 Å². The molecule has 7 nitrogen and oxygen atoms in total. The number of carboxylic acids is 1. The second kappa shape index (κ2) is 6.22. The highest BCUT2D eigenvalue weighted by molar-refractivity contribution is 5.85. The Kier molecular flexibility index (Phi) is 4.68. The molecule has 128 valence electrons. The fraction of sp³-hybridized carbons (Fsp3) is 0.688. The van der Waals surface area contributed by atoms with Crippen molar-refractivity contribution in [2.75, 3.05) is 0 Å². The molecule has 2 rings (SSSR count). The second-order valence-corrected chi connectivity index (χ2v) is 7.08. The molecule has 1 aliphatic carbocycles. The zero-order chi connectivity index (χ0) is 17.3. The SMILES string of the molecule is CCc1cnn(CC(NC(=O)OC(C)(C)C)(C(=O)O)C2CC2)c1. The number of carboxylic acid groups (broad SMARTS) is 1. The van der Waals surface area contributed by atoms with Gasteiger partial charge in [-0.25, -0.2) is 9.59 Å². The van der Waals surface area contributed by atoms with Crippen LogP contribution in [-0.4, -0.2) is 38.1 Å². The van der Waals surface area contributed by atoms with Crippen molar-refractivity contribution < 1.29 is 19.4 Å². The summed E-state index contributed by atoms with van der Waals surface area (Å²) in [7, 11) is 0. The van der Waals surface area contributed by atoms with E-state index in [4.69, 9.17) is 4.74 Å². The summed E-state index contributed by atoms with van der Waals surface area (Å²) in [5, 5.41) is 16.6. The Morgan fingerprint density at radius 1 is 1.43 bits per heavy atom. The van der Waals surface area contributed by atoms with Gasteiger partial charge in [-0.1, -0.05) is 6.92 Å². The van der Waals surface area contributed by atoms with Gasteiger partial charge in [-0.2, -0.15) is 5.10 Å². The number of carbonyl (C=O) groups excluding carboxylic acids is 1. The van der Waals surface area contributed by atoms with Crippen molar-refractivity contribution in [2.45, 2.75) is 64.6 Å². The zero-order valence-corrected chi connectivity index (χ0v) is 14.1. The lowest BCUT2D eigenvalue weighted by molar-refractivity contribution is -0.146. The van der Waals surface area contributed by atoms with Gasteiger partial charge in [0.2, 0.25) is 0 Å². The molecular formula is C16H25N3O4. The molecule has 0 saturated heterocycles. The van der Waals surface area contributed by atoms with Crippen LogP contribution in [0.3, 0.4) is 0 Å².